The number of hydrogen-bond acceptors (Lipinski definition) is 3. The van der Waals surface area contributed by atoms with Crippen molar-refractivity contribution in [1.82, 2.24) is 0 Å². The Morgan fingerprint density at radius 2 is 1.89 bits per heavy atom. The van der Waals surface area contributed by atoms with E-state index in [1.165, 1.54) is 19.3 Å². The maximum atomic E-state index is 6.14. The molecule has 2 rings (SSSR count). The number of para-hydroxylation sites is 2. The summed E-state index contributed by atoms with van der Waals surface area (Å²) < 4.78 is 11.7. The second-order valence-electron chi connectivity index (χ2n) is 4.82. The molecule has 0 bridgehead atoms. The quantitative estimate of drug-likeness (QED) is 0.872. The standard InChI is InChI=1S/C15H23NO2/c1-2-17-14-9-5-6-10-15(14)18-13-8-4-3-7-12(13)11-16/h5-6,9-10,12-13H,2-4,7-8,11,16H2,1H3. The molecule has 1 aromatic carbocycles. The molecule has 1 fully saturated rings. The topological polar surface area (TPSA) is 44.5 Å². The summed E-state index contributed by atoms with van der Waals surface area (Å²) in [5, 5.41) is 0. The molecule has 0 amide bonds. The Balaban J connectivity index is 2.07. The van der Waals surface area contributed by atoms with Crippen molar-refractivity contribution in [1.29, 1.82) is 0 Å². The van der Waals surface area contributed by atoms with Crippen molar-refractivity contribution in [2.24, 2.45) is 11.7 Å². The smallest absolute Gasteiger partial charge is 0.161 e. The van der Waals surface area contributed by atoms with Gasteiger partial charge in [0.15, 0.2) is 11.5 Å². The Hall–Kier alpha value is -1.22. The molecule has 0 spiro atoms. The van der Waals surface area contributed by atoms with Crippen LogP contribution >= 0.6 is 0 Å². The zero-order valence-electron chi connectivity index (χ0n) is 11.1. The van der Waals surface area contributed by atoms with Gasteiger partial charge in [-0.05, 0) is 44.9 Å². The lowest BCUT2D eigenvalue weighted by Crippen LogP contribution is -2.35. The van der Waals surface area contributed by atoms with Gasteiger partial charge in [0, 0.05) is 5.92 Å². The normalized spacial score (nSPS) is 23.7. The van der Waals surface area contributed by atoms with Crippen molar-refractivity contribution < 1.29 is 9.47 Å². The molecule has 18 heavy (non-hydrogen) atoms. The molecular formula is C15H23NO2. The summed E-state index contributed by atoms with van der Waals surface area (Å²) >= 11 is 0. The Kier molecular flexibility index (Phi) is 4.88. The van der Waals surface area contributed by atoms with Crippen LogP contribution in [0.5, 0.6) is 11.5 Å². The Labute approximate surface area is 109 Å². The van der Waals surface area contributed by atoms with Crippen molar-refractivity contribution in [2.45, 2.75) is 38.7 Å². The van der Waals surface area contributed by atoms with Crippen LogP contribution in [-0.2, 0) is 0 Å². The fourth-order valence-electron chi connectivity index (χ4n) is 2.58. The molecule has 0 radical (unpaired) electrons. The first-order valence-electron chi connectivity index (χ1n) is 6.93. The van der Waals surface area contributed by atoms with Crippen LogP contribution in [0.3, 0.4) is 0 Å². The average Bonchev–Trinajstić information content (AvgIpc) is 2.42. The summed E-state index contributed by atoms with van der Waals surface area (Å²) in [6, 6.07) is 7.89. The van der Waals surface area contributed by atoms with Gasteiger partial charge in [-0.25, -0.2) is 0 Å². The van der Waals surface area contributed by atoms with Gasteiger partial charge in [-0.15, -0.1) is 0 Å². The molecule has 3 nitrogen and oxygen atoms in total. The summed E-state index contributed by atoms with van der Waals surface area (Å²) in [7, 11) is 0. The van der Waals surface area contributed by atoms with Crippen molar-refractivity contribution in [3.05, 3.63) is 24.3 Å². The van der Waals surface area contributed by atoms with Crippen LogP contribution in [-0.4, -0.2) is 19.3 Å². The van der Waals surface area contributed by atoms with E-state index in [4.69, 9.17) is 15.2 Å². The van der Waals surface area contributed by atoms with Crippen LogP contribution in [0, 0.1) is 5.92 Å². The van der Waals surface area contributed by atoms with Crippen molar-refractivity contribution >= 4 is 0 Å². The molecule has 1 aromatic rings. The van der Waals surface area contributed by atoms with E-state index in [0.29, 0.717) is 19.1 Å². The lowest BCUT2D eigenvalue weighted by molar-refractivity contribution is 0.0929. The van der Waals surface area contributed by atoms with Crippen LogP contribution in [0.25, 0.3) is 0 Å². The first kappa shape index (κ1) is 13.2. The average molecular weight is 249 g/mol. The number of nitrogens with two attached hydrogens (primary N) is 1. The van der Waals surface area contributed by atoms with Gasteiger partial charge in [0.05, 0.1) is 6.61 Å². The highest BCUT2D eigenvalue weighted by Crippen LogP contribution is 2.32. The summed E-state index contributed by atoms with van der Waals surface area (Å²) in [6.45, 7) is 3.35. The zero-order valence-corrected chi connectivity index (χ0v) is 11.1. The van der Waals surface area contributed by atoms with Crippen molar-refractivity contribution in [3.63, 3.8) is 0 Å². The van der Waals surface area contributed by atoms with Gasteiger partial charge in [-0.2, -0.15) is 0 Å². The first-order valence-corrected chi connectivity index (χ1v) is 6.93. The van der Waals surface area contributed by atoms with Gasteiger partial charge in [0.2, 0.25) is 0 Å². The SMILES string of the molecule is CCOc1ccccc1OC1CCCCC1CN. The first-order chi connectivity index (χ1) is 8.85. The van der Waals surface area contributed by atoms with Gasteiger partial charge in [0.25, 0.3) is 0 Å². The second kappa shape index (κ2) is 6.64. The molecule has 1 aliphatic rings. The highest BCUT2D eigenvalue weighted by atomic mass is 16.5. The lowest BCUT2D eigenvalue weighted by atomic mass is 9.86. The van der Waals surface area contributed by atoms with E-state index in [2.05, 4.69) is 0 Å². The van der Waals surface area contributed by atoms with Crippen LogP contribution < -0.4 is 15.2 Å². The molecule has 0 saturated heterocycles. The molecule has 3 heteroatoms. The van der Waals surface area contributed by atoms with Crippen LogP contribution in [0.4, 0.5) is 0 Å². The van der Waals surface area contributed by atoms with E-state index in [9.17, 15) is 0 Å². The highest BCUT2D eigenvalue weighted by Gasteiger charge is 2.26. The van der Waals surface area contributed by atoms with E-state index in [1.54, 1.807) is 0 Å². The summed E-state index contributed by atoms with van der Waals surface area (Å²) in [5.41, 5.74) is 5.83. The van der Waals surface area contributed by atoms with Gasteiger partial charge in [-0.1, -0.05) is 18.6 Å². The fourth-order valence-corrected chi connectivity index (χ4v) is 2.58. The third-order valence-electron chi connectivity index (χ3n) is 3.57. The molecule has 1 saturated carbocycles. The third kappa shape index (κ3) is 3.16. The van der Waals surface area contributed by atoms with Gasteiger partial charge < -0.3 is 15.2 Å². The molecular weight excluding hydrogens is 226 g/mol. The van der Waals surface area contributed by atoms with E-state index < -0.39 is 0 Å². The Bertz CT molecular complexity index is 367. The minimum absolute atomic E-state index is 0.241. The van der Waals surface area contributed by atoms with Crippen LogP contribution in [0.1, 0.15) is 32.6 Å². The van der Waals surface area contributed by atoms with E-state index in [-0.39, 0.29) is 6.10 Å². The zero-order chi connectivity index (χ0) is 12.8. The van der Waals surface area contributed by atoms with Gasteiger partial charge in [0.1, 0.15) is 6.10 Å². The largest absolute Gasteiger partial charge is 0.490 e. The number of ether oxygens (including phenoxy) is 2. The van der Waals surface area contributed by atoms with E-state index in [1.807, 2.05) is 31.2 Å². The minimum atomic E-state index is 0.241. The number of benzene rings is 1. The lowest BCUT2D eigenvalue weighted by Gasteiger charge is -2.31. The number of rotatable bonds is 5. The summed E-state index contributed by atoms with van der Waals surface area (Å²) in [5.74, 6) is 2.17. The number of hydrogen-bond donors (Lipinski definition) is 1. The Morgan fingerprint density at radius 1 is 1.17 bits per heavy atom. The van der Waals surface area contributed by atoms with Gasteiger partial charge >= 0.3 is 0 Å². The predicted molar refractivity (Wildman–Crippen MR) is 73.0 cm³/mol. The predicted octanol–water partition coefficient (Wildman–Crippen LogP) is 2.98. The molecule has 1 aliphatic carbocycles. The van der Waals surface area contributed by atoms with Gasteiger partial charge in [-0.3, -0.25) is 0 Å². The minimum Gasteiger partial charge on any atom is -0.490 e. The van der Waals surface area contributed by atoms with Crippen LogP contribution in [0.15, 0.2) is 24.3 Å². The maximum Gasteiger partial charge on any atom is 0.161 e. The Morgan fingerprint density at radius 3 is 2.61 bits per heavy atom. The molecule has 100 valence electrons. The van der Waals surface area contributed by atoms with E-state index in [0.717, 1.165) is 17.9 Å². The summed E-state index contributed by atoms with van der Waals surface area (Å²) in [6.07, 6.45) is 5.03. The molecule has 2 unspecified atom stereocenters. The third-order valence-corrected chi connectivity index (χ3v) is 3.57. The molecule has 0 aromatic heterocycles. The molecule has 2 N–H and O–H groups in total. The fraction of sp³-hybridized carbons (Fsp3) is 0.600. The van der Waals surface area contributed by atoms with Crippen molar-refractivity contribution in [3.8, 4) is 11.5 Å². The molecule has 0 heterocycles. The van der Waals surface area contributed by atoms with E-state index >= 15 is 0 Å². The summed E-state index contributed by atoms with van der Waals surface area (Å²) in [4.78, 5) is 0. The second-order valence-corrected chi connectivity index (χ2v) is 4.82. The maximum absolute atomic E-state index is 6.14. The monoisotopic (exact) mass is 249 g/mol. The molecule has 2 atom stereocenters. The molecule has 0 aliphatic heterocycles. The van der Waals surface area contributed by atoms with Crippen molar-refractivity contribution in [2.75, 3.05) is 13.2 Å². The van der Waals surface area contributed by atoms with Crippen LogP contribution in [0.2, 0.25) is 0 Å². The highest BCUT2D eigenvalue weighted by molar-refractivity contribution is 5.39.